The van der Waals surface area contributed by atoms with Gasteiger partial charge in [0.2, 0.25) is 0 Å². The molecule has 1 atom stereocenters. The largest absolute Gasteiger partial charge is 0.508 e. The van der Waals surface area contributed by atoms with Crippen molar-refractivity contribution in [2.75, 3.05) is 0 Å². The van der Waals surface area contributed by atoms with Gasteiger partial charge in [-0.3, -0.25) is 0 Å². The van der Waals surface area contributed by atoms with Crippen molar-refractivity contribution in [2.24, 2.45) is 5.92 Å². The number of hydrogen-bond donors (Lipinski definition) is 1. The molecule has 74 valence electrons. The molecule has 1 nitrogen and oxygen atoms in total. The molecule has 1 aromatic rings. The Hall–Kier alpha value is -1.24. The Morgan fingerprint density at radius 2 is 1.93 bits per heavy atom. The summed E-state index contributed by atoms with van der Waals surface area (Å²) in [6.07, 6.45) is 5.98. The van der Waals surface area contributed by atoms with E-state index in [0.717, 1.165) is 5.92 Å². The number of phenols is 1. The van der Waals surface area contributed by atoms with Crippen molar-refractivity contribution in [2.45, 2.75) is 26.2 Å². The minimum Gasteiger partial charge on any atom is -0.508 e. The monoisotopic (exact) mass is 188 g/mol. The lowest BCUT2D eigenvalue weighted by Gasteiger charge is -2.18. The second-order valence-corrected chi connectivity index (χ2v) is 4.16. The van der Waals surface area contributed by atoms with Crippen LogP contribution in [0, 0.1) is 5.92 Å². The molecule has 0 unspecified atom stereocenters. The van der Waals surface area contributed by atoms with E-state index in [2.05, 4.69) is 13.0 Å². The third-order valence-electron chi connectivity index (χ3n) is 2.91. The van der Waals surface area contributed by atoms with E-state index < -0.39 is 0 Å². The molecule has 0 aliphatic heterocycles. The highest BCUT2D eigenvalue weighted by Gasteiger charge is 2.10. The van der Waals surface area contributed by atoms with E-state index in [1.54, 1.807) is 12.1 Å². The van der Waals surface area contributed by atoms with E-state index in [1.165, 1.54) is 30.4 Å². The molecule has 1 heteroatoms. The van der Waals surface area contributed by atoms with Gasteiger partial charge in [-0.2, -0.15) is 0 Å². The fraction of sp³-hybridized carbons (Fsp3) is 0.385. The van der Waals surface area contributed by atoms with E-state index in [-0.39, 0.29) is 0 Å². The molecule has 0 spiro atoms. The highest BCUT2D eigenvalue weighted by molar-refractivity contribution is 5.66. The standard InChI is InChI=1S/C13H16O/c1-10-2-4-11(5-3-10)12-6-8-13(14)9-7-12/h4,6-10,14H,2-3,5H2,1H3/t10-/m0/s1. The third-order valence-corrected chi connectivity index (χ3v) is 2.91. The first kappa shape index (κ1) is 9.32. The zero-order valence-corrected chi connectivity index (χ0v) is 8.53. The maximum Gasteiger partial charge on any atom is 0.115 e. The number of allylic oxidation sites excluding steroid dienone is 2. The molecule has 0 aromatic heterocycles. The van der Waals surface area contributed by atoms with E-state index in [0.29, 0.717) is 5.75 Å². The summed E-state index contributed by atoms with van der Waals surface area (Å²) in [6, 6.07) is 7.51. The zero-order chi connectivity index (χ0) is 9.97. The Balaban J connectivity index is 2.19. The quantitative estimate of drug-likeness (QED) is 0.714. The molecule has 0 amide bonds. The molecule has 14 heavy (non-hydrogen) atoms. The molecule has 1 aromatic carbocycles. The number of rotatable bonds is 1. The Bertz CT molecular complexity index is 335. The average molecular weight is 188 g/mol. The van der Waals surface area contributed by atoms with Crippen LogP contribution in [0.5, 0.6) is 5.75 Å². The molecule has 1 aliphatic carbocycles. The zero-order valence-electron chi connectivity index (χ0n) is 8.53. The molecular formula is C13H16O. The van der Waals surface area contributed by atoms with E-state index in [4.69, 9.17) is 0 Å². The molecule has 0 heterocycles. The van der Waals surface area contributed by atoms with Crippen molar-refractivity contribution >= 4 is 5.57 Å². The lowest BCUT2D eigenvalue weighted by molar-refractivity contribution is 0.475. The highest BCUT2D eigenvalue weighted by Crippen LogP contribution is 2.30. The van der Waals surface area contributed by atoms with Gasteiger partial charge in [0.15, 0.2) is 0 Å². The van der Waals surface area contributed by atoms with Crippen molar-refractivity contribution in [3.63, 3.8) is 0 Å². The maximum absolute atomic E-state index is 9.18. The van der Waals surface area contributed by atoms with Crippen molar-refractivity contribution in [1.29, 1.82) is 0 Å². The molecule has 2 rings (SSSR count). The first-order chi connectivity index (χ1) is 6.75. The molecule has 1 N–H and O–H groups in total. The topological polar surface area (TPSA) is 20.2 Å². The smallest absolute Gasteiger partial charge is 0.115 e. The Morgan fingerprint density at radius 3 is 2.50 bits per heavy atom. The van der Waals surface area contributed by atoms with Gasteiger partial charge in [0.1, 0.15) is 5.75 Å². The fourth-order valence-corrected chi connectivity index (χ4v) is 1.90. The number of aromatic hydroxyl groups is 1. The lowest BCUT2D eigenvalue weighted by atomic mass is 9.88. The molecule has 0 fully saturated rings. The predicted molar refractivity (Wildman–Crippen MR) is 59.1 cm³/mol. The fourth-order valence-electron chi connectivity index (χ4n) is 1.90. The van der Waals surface area contributed by atoms with Gasteiger partial charge < -0.3 is 5.11 Å². The Kier molecular flexibility index (Phi) is 2.58. The highest BCUT2D eigenvalue weighted by atomic mass is 16.3. The summed E-state index contributed by atoms with van der Waals surface area (Å²) in [6.45, 7) is 2.30. The average Bonchev–Trinajstić information content (AvgIpc) is 2.21. The van der Waals surface area contributed by atoms with Crippen LogP contribution in [0.25, 0.3) is 5.57 Å². The van der Waals surface area contributed by atoms with Crippen molar-refractivity contribution < 1.29 is 5.11 Å². The number of hydrogen-bond acceptors (Lipinski definition) is 1. The minimum atomic E-state index is 0.346. The molecular weight excluding hydrogens is 172 g/mol. The summed E-state index contributed by atoms with van der Waals surface area (Å²) in [5.41, 5.74) is 2.69. The van der Waals surface area contributed by atoms with Crippen LogP contribution in [-0.4, -0.2) is 5.11 Å². The summed E-state index contributed by atoms with van der Waals surface area (Å²) in [5, 5.41) is 9.18. The van der Waals surface area contributed by atoms with Gasteiger partial charge in [-0.05, 0) is 48.4 Å². The van der Waals surface area contributed by atoms with Crippen molar-refractivity contribution in [3.8, 4) is 5.75 Å². The minimum absolute atomic E-state index is 0.346. The summed E-state index contributed by atoms with van der Waals surface area (Å²) in [4.78, 5) is 0. The van der Waals surface area contributed by atoms with Crippen LogP contribution in [0.2, 0.25) is 0 Å². The van der Waals surface area contributed by atoms with E-state index in [1.807, 2.05) is 12.1 Å². The summed E-state index contributed by atoms with van der Waals surface area (Å²) in [5.74, 6) is 1.18. The van der Waals surface area contributed by atoms with Crippen LogP contribution in [0.1, 0.15) is 31.7 Å². The number of phenolic OH excluding ortho intramolecular Hbond substituents is 1. The first-order valence-corrected chi connectivity index (χ1v) is 5.24. The Morgan fingerprint density at radius 1 is 1.21 bits per heavy atom. The molecule has 0 saturated heterocycles. The normalized spacial score (nSPS) is 21.8. The summed E-state index contributed by atoms with van der Waals surface area (Å²) >= 11 is 0. The maximum atomic E-state index is 9.18. The van der Waals surface area contributed by atoms with E-state index in [9.17, 15) is 5.11 Å². The summed E-state index contributed by atoms with van der Waals surface area (Å²) in [7, 11) is 0. The van der Waals surface area contributed by atoms with E-state index >= 15 is 0 Å². The molecule has 0 bridgehead atoms. The van der Waals surface area contributed by atoms with Crippen molar-refractivity contribution in [3.05, 3.63) is 35.9 Å². The van der Waals surface area contributed by atoms with Crippen LogP contribution < -0.4 is 0 Å². The molecule has 1 aliphatic rings. The summed E-state index contributed by atoms with van der Waals surface area (Å²) < 4.78 is 0. The second kappa shape index (κ2) is 3.87. The first-order valence-electron chi connectivity index (χ1n) is 5.24. The Labute approximate surface area is 85.1 Å². The van der Waals surface area contributed by atoms with Crippen LogP contribution in [0.4, 0.5) is 0 Å². The van der Waals surface area contributed by atoms with Gasteiger partial charge >= 0.3 is 0 Å². The van der Waals surface area contributed by atoms with Crippen molar-refractivity contribution in [1.82, 2.24) is 0 Å². The molecule has 0 radical (unpaired) electrons. The SMILES string of the molecule is C[C@H]1CC=C(c2ccc(O)cc2)CC1. The molecule has 0 saturated carbocycles. The van der Waals surface area contributed by atoms with Gasteiger partial charge in [-0.25, -0.2) is 0 Å². The van der Waals surface area contributed by atoms with Crippen LogP contribution in [-0.2, 0) is 0 Å². The van der Waals surface area contributed by atoms with Gasteiger partial charge in [-0.1, -0.05) is 25.1 Å². The lowest BCUT2D eigenvalue weighted by Crippen LogP contribution is -2.00. The van der Waals surface area contributed by atoms with Gasteiger partial charge in [0.05, 0.1) is 0 Å². The number of benzene rings is 1. The third kappa shape index (κ3) is 1.98. The van der Waals surface area contributed by atoms with Gasteiger partial charge in [0.25, 0.3) is 0 Å². The van der Waals surface area contributed by atoms with Gasteiger partial charge in [0, 0.05) is 0 Å². The van der Waals surface area contributed by atoms with Crippen LogP contribution in [0.3, 0.4) is 0 Å². The van der Waals surface area contributed by atoms with Gasteiger partial charge in [-0.15, -0.1) is 0 Å². The van der Waals surface area contributed by atoms with Crippen LogP contribution in [0.15, 0.2) is 30.3 Å². The second-order valence-electron chi connectivity index (χ2n) is 4.16. The van der Waals surface area contributed by atoms with Crippen LogP contribution >= 0.6 is 0 Å². The predicted octanol–water partition coefficient (Wildman–Crippen LogP) is 3.60.